The van der Waals surface area contributed by atoms with Gasteiger partial charge in [-0.1, -0.05) is 6.92 Å². The van der Waals surface area contributed by atoms with Crippen molar-refractivity contribution in [1.82, 2.24) is 20.4 Å². The lowest BCUT2D eigenvalue weighted by molar-refractivity contribution is -0.138. The van der Waals surface area contributed by atoms with Crippen molar-refractivity contribution in [2.45, 2.75) is 19.4 Å². The number of carbonyl (C=O) groups is 3. The predicted octanol–water partition coefficient (Wildman–Crippen LogP) is -0.713. The second kappa shape index (κ2) is 4.36. The first-order valence-electron chi connectivity index (χ1n) is 5.27. The van der Waals surface area contributed by atoms with E-state index in [0.29, 0.717) is 6.42 Å². The van der Waals surface area contributed by atoms with Crippen LogP contribution >= 0.6 is 0 Å². The van der Waals surface area contributed by atoms with E-state index in [0.717, 1.165) is 0 Å². The zero-order valence-electron chi connectivity index (χ0n) is 9.27. The monoisotopic (exact) mass is 236 g/mol. The molecule has 2 N–H and O–H groups in total. The molecule has 3 amide bonds. The molecule has 2 rings (SSSR count). The number of amides is 3. The van der Waals surface area contributed by atoms with E-state index in [4.69, 9.17) is 0 Å². The summed E-state index contributed by atoms with van der Waals surface area (Å²) in [5.74, 6) is -1.29. The van der Waals surface area contributed by atoms with E-state index < -0.39 is 23.8 Å². The molecule has 90 valence electrons. The Labute approximate surface area is 97.2 Å². The molecular formula is C10H12N4O3. The SMILES string of the molecule is CCC1C(=O)NC(=O)CN1C(=O)c1ccn[nH]1. The summed E-state index contributed by atoms with van der Waals surface area (Å²) in [4.78, 5) is 36.1. The number of aromatic nitrogens is 2. The number of carbonyl (C=O) groups excluding carboxylic acids is 3. The van der Waals surface area contributed by atoms with Crippen LogP contribution in [-0.4, -0.2) is 45.4 Å². The fourth-order valence-electron chi connectivity index (χ4n) is 1.82. The van der Waals surface area contributed by atoms with E-state index in [1.165, 1.54) is 17.2 Å². The molecule has 2 heterocycles. The van der Waals surface area contributed by atoms with E-state index in [-0.39, 0.29) is 12.2 Å². The van der Waals surface area contributed by atoms with Gasteiger partial charge in [-0.2, -0.15) is 5.10 Å². The van der Waals surface area contributed by atoms with Gasteiger partial charge in [0.2, 0.25) is 11.8 Å². The van der Waals surface area contributed by atoms with Crippen molar-refractivity contribution in [3.8, 4) is 0 Å². The first-order chi connectivity index (χ1) is 8.13. The van der Waals surface area contributed by atoms with Gasteiger partial charge in [0, 0.05) is 6.20 Å². The molecule has 0 aliphatic carbocycles. The van der Waals surface area contributed by atoms with Gasteiger partial charge in [0.1, 0.15) is 18.3 Å². The first-order valence-corrected chi connectivity index (χ1v) is 5.27. The Morgan fingerprint density at radius 3 is 2.94 bits per heavy atom. The lowest BCUT2D eigenvalue weighted by atomic mass is 10.1. The molecule has 1 aromatic heterocycles. The topological polar surface area (TPSA) is 95.2 Å². The van der Waals surface area contributed by atoms with Gasteiger partial charge in [0.25, 0.3) is 5.91 Å². The molecule has 1 fully saturated rings. The van der Waals surface area contributed by atoms with Crippen LogP contribution < -0.4 is 5.32 Å². The van der Waals surface area contributed by atoms with Gasteiger partial charge in [0.15, 0.2) is 0 Å². The summed E-state index contributed by atoms with van der Waals surface area (Å²) in [5.41, 5.74) is 0.269. The molecule has 17 heavy (non-hydrogen) atoms. The fraction of sp³-hybridized carbons (Fsp3) is 0.400. The molecular weight excluding hydrogens is 224 g/mol. The van der Waals surface area contributed by atoms with Crippen LogP contribution in [-0.2, 0) is 9.59 Å². The third-order valence-corrected chi connectivity index (χ3v) is 2.63. The third-order valence-electron chi connectivity index (χ3n) is 2.63. The second-order valence-electron chi connectivity index (χ2n) is 3.74. The molecule has 1 aromatic rings. The van der Waals surface area contributed by atoms with Gasteiger partial charge in [0.05, 0.1) is 0 Å². The number of nitrogens with one attached hydrogen (secondary N) is 2. The van der Waals surface area contributed by atoms with Crippen LogP contribution in [0.5, 0.6) is 0 Å². The molecule has 7 heteroatoms. The summed E-state index contributed by atoms with van der Waals surface area (Å²) in [6.45, 7) is 1.68. The minimum absolute atomic E-state index is 0.109. The van der Waals surface area contributed by atoms with Gasteiger partial charge in [-0.25, -0.2) is 0 Å². The number of nitrogens with zero attached hydrogens (tertiary/aromatic N) is 2. The molecule has 0 bridgehead atoms. The molecule has 0 saturated carbocycles. The third kappa shape index (κ3) is 2.03. The van der Waals surface area contributed by atoms with Gasteiger partial charge >= 0.3 is 0 Å². The van der Waals surface area contributed by atoms with Crippen LogP contribution in [0.1, 0.15) is 23.8 Å². The largest absolute Gasteiger partial charge is 0.316 e. The van der Waals surface area contributed by atoms with Gasteiger partial charge in [-0.05, 0) is 12.5 Å². The van der Waals surface area contributed by atoms with Crippen LogP contribution in [0, 0.1) is 0 Å². The minimum Gasteiger partial charge on any atom is -0.316 e. The number of imide groups is 1. The standard InChI is InChI=1S/C10H12N4O3/c1-2-7-9(16)12-8(15)5-14(7)10(17)6-3-4-11-13-6/h3-4,7H,2,5H2,1H3,(H,11,13)(H,12,15,16). The Morgan fingerprint density at radius 1 is 1.59 bits per heavy atom. The highest BCUT2D eigenvalue weighted by Gasteiger charge is 2.36. The highest BCUT2D eigenvalue weighted by molar-refractivity contribution is 6.06. The predicted molar refractivity (Wildman–Crippen MR) is 56.9 cm³/mol. The minimum atomic E-state index is -0.608. The summed E-state index contributed by atoms with van der Waals surface area (Å²) in [7, 11) is 0. The number of aromatic amines is 1. The maximum Gasteiger partial charge on any atom is 0.273 e. The van der Waals surface area contributed by atoms with Crippen molar-refractivity contribution in [2.75, 3.05) is 6.54 Å². The lowest BCUT2D eigenvalue weighted by Gasteiger charge is -2.32. The van der Waals surface area contributed by atoms with Gasteiger partial charge in [-0.15, -0.1) is 0 Å². The van der Waals surface area contributed by atoms with Crippen LogP contribution in [0.3, 0.4) is 0 Å². The van der Waals surface area contributed by atoms with Crippen molar-refractivity contribution < 1.29 is 14.4 Å². The number of hydrogen-bond acceptors (Lipinski definition) is 4. The quantitative estimate of drug-likeness (QED) is 0.663. The van der Waals surface area contributed by atoms with Crippen LogP contribution in [0.4, 0.5) is 0 Å². The molecule has 7 nitrogen and oxygen atoms in total. The Bertz CT molecular complexity index is 454. The van der Waals surface area contributed by atoms with Crippen molar-refractivity contribution in [3.63, 3.8) is 0 Å². The van der Waals surface area contributed by atoms with E-state index in [1.54, 1.807) is 6.92 Å². The Morgan fingerprint density at radius 2 is 2.35 bits per heavy atom. The molecule has 1 unspecified atom stereocenters. The number of piperazine rings is 1. The van der Waals surface area contributed by atoms with Crippen molar-refractivity contribution in [1.29, 1.82) is 0 Å². The Hall–Kier alpha value is -2.18. The van der Waals surface area contributed by atoms with Crippen LogP contribution in [0.2, 0.25) is 0 Å². The van der Waals surface area contributed by atoms with E-state index >= 15 is 0 Å². The van der Waals surface area contributed by atoms with E-state index in [1.807, 2.05) is 0 Å². The molecule has 1 aliphatic rings. The zero-order valence-corrected chi connectivity index (χ0v) is 9.27. The number of hydrogen-bond donors (Lipinski definition) is 2. The van der Waals surface area contributed by atoms with Crippen molar-refractivity contribution in [2.24, 2.45) is 0 Å². The number of H-pyrrole nitrogens is 1. The van der Waals surface area contributed by atoms with Gasteiger partial charge in [-0.3, -0.25) is 24.8 Å². The van der Waals surface area contributed by atoms with Crippen molar-refractivity contribution >= 4 is 17.7 Å². The summed E-state index contributed by atoms with van der Waals surface area (Å²) < 4.78 is 0. The molecule has 0 radical (unpaired) electrons. The van der Waals surface area contributed by atoms with E-state index in [9.17, 15) is 14.4 Å². The van der Waals surface area contributed by atoms with Crippen molar-refractivity contribution in [3.05, 3.63) is 18.0 Å². The normalized spacial score (nSPS) is 20.3. The smallest absolute Gasteiger partial charge is 0.273 e. The van der Waals surface area contributed by atoms with Gasteiger partial charge < -0.3 is 4.90 Å². The highest BCUT2D eigenvalue weighted by Crippen LogP contribution is 2.12. The second-order valence-corrected chi connectivity index (χ2v) is 3.74. The highest BCUT2D eigenvalue weighted by atomic mass is 16.2. The zero-order chi connectivity index (χ0) is 12.4. The summed E-state index contributed by atoms with van der Waals surface area (Å²) in [6, 6.07) is 0.898. The Balaban J connectivity index is 2.25. The van der Waals surface area contributed by atoms with E-state index in [2.05, 4.69) is 15.5 Å². The Kier molecular flexibility index (Phi) is 2.90. The molecule has 0 aromatic carbocycles. The maximum atomic E-state index is 12.0. The summed E-state index contributed by atoms with van der Waals surface area (Å²) >= 11 is 0. The molecule has 1 saturated heterocycles. The summed E-state index contributed by atoms with van der Waals surface area (Å²) in [5, 5.41) is 8.41. The molecule has 1 aliphatic heterocycles. The number of rotatable bonds is 2. The van der Waals surface area contributed by atoms with Crippen LogP contribution in [0.25, 0.3) is 0 Å². The summed E-state index contributed by atoms with van der Waals surface area (Å²) in [6.07, 6.45) is 1.90. The first kappa shape index (κ1) is 11.3. The van der Waals surface area contributed by atoms with Crippen LogP contribution in [0.15, 0.2) is 12.3 Å². The molecule has 0 spiro atoms. The lowest BCUT2D eigenvalue weighted by Crippen LogP contribution is -2.59. The fourth-order valence-corrected chi connectivity index (χ4v) is 1.82. The maximum absolute atomic E-state index is 12.0. The molecule has 1 atom stereocenters. The average molecular weight is 236 g/mol. The average Bonchev–Trinajstić information content (AvgIpc) is 2.80.